The number of hydrogen-bond donors (Lipinski definition) is 1. The Labute approximate surface area is 95.7 Å². The fourth-order valence-corrected chi connectivity index (χ4v) is 1.67. The lowest BCUT2D eigenvalue weighted by Gasteiger charge is -2.36. The molecule has 2 heteroatoms. The Balaban J connectivity index is 4.05. The van der Waals surface area contributed by atoms with Gasteiger partial charge in [0, 0.05) is 12.1 Å². The Hall–Kier alpha value is -0.0800. The van der Waals surface area contributed by atoms with Crippen molar-refractivity contribution in [3.8, 4) is 0 Å². The molecule has 15 heavy (non-hydrogen) atoms. The molecule has 0 amide bonds. The molecular formula is C13H29NO. The summed E-state index contributed by atoms with van der Waals surface area (Å²) in [6.07, 6.45) is 5.17. The average molecular weight is 215 g/mol. The van der Waals surface area contributed by atoms with Gasteiger partial charge in [-0.05, 0) is 33.2 Å². The summed E-state index contributed by atoms with van der Waals surface area (Å²) in [6, 6.07) is 0. The fourth-order valence-electron chi connectivity index (χ4n) is 1.67. The molecular weight excluding hydrogens is 186 g/mol. The Morgan fingerprint density at radius 1 is 1.27 bits per heavy atom. The molecule has 0 saturated carbocycles. The lowest BCUT2D eigenvalue weighted by Crippen LogP contribution is -2.46. The van der Waals surface area contributed by atoms with Crippen LogP contribution in [0.2, 0.25) is 0 Å². The first-order valence-corrected chi connectivity index (χ1v) is 6.30. The van der Waals surface area contributed by atoms with Crippen molar-refractivity contribution in [2.75, 3.05) is 20.2 Å². The normalized spacial score (nSPS) is 14.6. The molecule has 0 aliphatic carbocycles. The van der Waals surface area contributed by atoms with Crippen LogP contribution in [0.25, 0.3) is 0 Å². The second-order valence-corrected chi connectivity index (χ2v) is 5.27. The molecule has 0 heterocycles. The van der Waals surface area contributed by atoms with Gasteiger partial charge in [-0.15, -0.1) is 0 Å². The van der Waals surface area contributed by atoms with Gasteiger partial charge in [-0.2, -0.15) is 0 Å². The number of nitrogens with zero attached hydrogens (tertiary/aromatic N) is 1. The fraction of sp³-hybridized carbons (Fsp3) is 1.00. The van der Waals surface area contributed by atoms with Crippen LogP contribution in [-0.4, -0.2) is 35.7 Å². The molecule has 92 valence electrons. The van der Waals surface area contributed by atoms with Gasteiger partial charge in [0.05, 0.1) is 6.61 Å². The summed E-state index contributed by atoms with van der Waals surface area (Å²) in [5, 5.41) is 9.28. The van der Waals surface area contributed by atoms with Gasteiger partial charge in [-0.3, -0.25) is 4.90 Å². The van der Waals surface area contributed by atoms with E-state index in [2.05, 4.69) is 39.6 Å². The number of unbranched alkanes of at least 4 members (excludes halogenated alkanes) is 1. The second kappa shape index (κ2) is 7.24. The van der Waals surface area contributed by atoms with Gasteiger partial charge in [0.2, 0.25) is 0 Å². The van der Waals surface area contributed by atoms with Gasteiger partial charge in [-0.1, -0.05) is 33.1 Å². The first-order chi connectivity index (χ1) is 6.97. The Bertz CT molecular complexity index is 157. The summed E-state index contributed by atoms with van der Waals surface area (Å²) in [5.41, 5.74) is -0.0837. The van der Waals surface area contributed by atoms with E-state index in [1.54, 1.807) is 0 Å². The Morgan fingerprint density at radius 2 is 1.87 bits per heavy atom. The minimum absolute atomic E-state index is 0.0837. The van der Waals surface area contributed by atoms with Crippen molar-refractivity contribution in [2.24, 2.45) is 5.92 Å². The van der Waals surface area contributed by atoms with Gasteiger partial charge < -0.3 is 5.11 Å². The third kappa shape index (κ3) is 5.53. The maximum atomic E-state index is 9.28. The molecule has 0 rings (SSSR count). The van der Waals surface area contributed by atoms with Crippen molar-refractivity contribution in [1.29, 1.82) is 0 Å². The molecule has 0 bridgehead atoms. The highest BCUT2D eigenvalue weighted by molar-refractivity contribution is 4.79. The molecule has 0 radical (unpaired) electrons. The van der Waals surface area contributed by atoms with E-state index in [0.29, 0.717) is 0 Å². The van der Waals surface area contributed by atoms with Crippen LogP contribution in [0.3, 0.4) is 0 Å². The SMILES string of the molecule is CCCCC(CC)CN(C)C(C)(C)CO. The molecule has 0 aromatic rings. The summed E-state index contributed by atoms with van der Waals surface area (Å²) >= 11 is 0. The molecule has 0 spiro atoms. The maximum Gasteiger partial charge on any atom is 0.0609 e. The highest BCUT2D eigenvalue weighted by Gasteiger charge is 2.24. The third-order valence-electron chi connectivity index (χ3n) is 3.50. The van der Waals surface area contributed by atoms with Crippen molar-refractivity contribution >= 4 is 0 Å². The maximum absolute atomic E-state index is 9.28. The van der Waals surface area contributed by atoms with Gasteiger partial charge in [-0.25, -0.2) is 0 Å². The smallest absolute Gasteiger partial charge is 0.0609 e. The van der Waals surface area contributed by atoms with Gasteiger partial charge in [0.25, 0.3) is 0 Å². The molecule has 0 aromatic heterocycles. The van der Waals surface area contributed by atoms with Crippen molar-refractivity contribution in [2.45, 2.75) is 58.9 Å². The molecule has 0 aromatic carbocycles. The highest BCUT2D eigenvalue weighted by Crippen LogP contribution is 2.18. The van der Waals surface area contributed by atoms with Crippen LogP contribution in [0, 0.1) is 5.92 Å². The molecule has 1 atom stereocenters. The molecule has 0 aliphatic heterocycles. The zero-order valence-corrected chi connectivity index (χ0v) is 11.2. The van der Waals surface area contributed by atoms with Crippen LogP contribution in [-0.2, 0) is 0 Å². The minimum atomic E-state index is -0.0837. The van der Waals surface area contributed by atoms with Crippen LogP contribution < -0.4 is 0 Å². The summed E-state index contributed by atoms with van der Waals surface area (Å²) in [4.78, 5) is 2.29. The molecule has 1 unspecified atom stereocenters. The van der Waals surface area contributed by atoms with Crippen molar-refractivity contribution in [3.05, 3.63) is 0 Å². The number of aliphatic hydroxyl groups excluding tert-OH is 1. The van der Waals surface area contributed by atoms with E-state index in [1.807, 2.05) is 0 Å². The first kappa shape index (κ1) is 14.9. The van der Waals surface area contributed by atoms with E-state index >= 15 is 0 Å². The lowest BCUT2D eigenvalue weighted by molar-refractivity contribution is 0.0642. The number of rotatable bonds is 8. The van der Waals surface area contributed by atoms with E-state index in [9.17, 15) is 5.11 Å². The predicted octanol–water partition coefficient (Wildman–Crippen LogP) is 2.91. The van der Waals surface area contributed by atoms with E-state index < -0.39 is 0 Å². The van der Waals surface area contributed by atoms with Gasteiger partial charge in [0.1, 0.15) is 0 Å². The molecule has 1 N–H and O–H groups in total. The van der Waals surface area contributed by atoms with Crippen molar-refractivity contribution in [1.82, 2.24) is 4.90 Å². The molecule has 2 nitrogen and oxygen atoms in total. The zero-order valence-electron chi connectivity index (χ0n) is 11.2. The molecule has 0 fully saturated rings. The second-order valence-electron chi connectivity index (χ2n) is 5.27. The molecule has 0 aliphatic rings. The summed E-state index contributed by atoms with van der Waals surface area (Å²) in [6.45, 7) is 10.0. The topological polar surface area (TPSA) is 23.5 Å². The van der Waals surface area contributed by atoms with E-state index in [-0.39, 0.29) is 12.1 Å². The monoisotopic (exact) mass is 215 g/mol. The lowest BCUT2D eigenvalue weighted by atomic mass is 9.96. The summed E-state index contributed by atoms with van der Waals surface area (Å²) in [5.74, 6) is 0.778. The minimum Gasteiger partial charge on any atom is -0.394 e. The third-order valence-corrected chi connectivity index (χ3v) is 3.50. The van der Waals surface area contributed by atoms with Crippen LogP contribution in [0.4, 0.5) is 0 Å². The number of likely N-dealkylation sites (N-methyl/N-ethyl adjacent to an activating group) is 1. The zero-order chi connectivity index (χ0) is 11.9. The summed E-state index contributed by atoms with van der Waals surface area (Å²) in [7, 11) is 2.12. The number of hydrogen-bond acceptors (Lipinski definition) is 2. The highest BCUT2D eigenvalue weighted by atomic mass is 16.3. The van der Waals surface area contributed by atoms with Crippen molar-refractivity contribution < 1.29 is 5.11 Å². The van der Waals surface area contributed by atoms with E-state index in [1.165, 1.54) is 25.7 Å². The number of aliphatic hydroxyl groups is 1. The molecule has 0 saturated heterocycles. The van der Waals surface area contributed by atoms with Gasteiger partial charge >= 0.3 is 0 Å². The van der Waals surface area contributed by atoms with Crippen LogP contribution >= 0.6 is 0 Å². The Morgan fingerprint density at radius 3 is 2.27 bits per heavy atom. The quantitative estimate of drug-likeness (QED) is 0.673. The van der Waals surface area contributed by atoms with Crippen molar-refractivity contribution in [3.63, 3.8) is 0 Å². The van der Waals surface area contributed by atoms with Crippen LogP contribution in [0.1, 0.15) is 53.4 Å². The van der Waals surface area contributed by atoms with Crippen LogP contribution in [0.5, 0.6) is 0 Å². The van der Waals surface area contributed by atoms with Gasteiger partial charge in [0.15, 0.2) is 0 Å². The predicted molar refractivity (Wildman–Crippen MR) is 67.1 cm³/mol. The van der Waals surface area contributed by atoms with E-state index in [4.69, 9.17) is 0 Å². The first-order valence-electron chi connectivity index (χ1n) is 6.30. The standard InChI is InChI=1S/C13H29NO/c1-6-8-9-12(7-2)10-14(5)13(3,4)11-15/h12,15H,6-11H2,1-5H3. The largest absolute Gasteiger partial charge is 0.394 e. The summed E-state index contributed by atoms with van der Waals surface area (Å²) < 4.78 is 0. The van der Waals surface area contributed by atoms with Crippen LogP contribution in [0.15, 0.2) is 0 Å². The van der Waals surface area contributed by atoms with E-state index in [0.717, 1.165) is 12.5 Å². The Kier molecular flexibility index (Phi) is 7.20. The average Bonchev–Trinajstić information content (AvgIpc) is 2.23.